The first-order valence-corrected chi connectivity index (χ1v) is 14.6. The average Bonchev–Trinajstić information content (AvgIpc) is 3.56. The fourth-order valence-electron chi connectivity index (χ4n) is 4.56. The highest BCUT2D eigenvalue weighted by atomic mass is 16.8. The topological polar surface area (TPSA) is 211 Å². The van der Waals surface area contributed by atoms with Gasteiger partial charge in [-0.25, -0.2) is 19.1 Å². The van der Waals surface area contributed by atoms with Gasteiger partial charge in [0.25, 0.3) is 11.2 Å². The molecule has 4 rings (SSSR count). The fraction of sp³-hybridized carbons (Fsp3) is 0.552. The van der Waals surface area contributed by atoms with Crippen LogP contribution in [0.2, 0.25) is 0 Å². The first-order valence-electron chi connectivity index (χ1n) is 14.6. The van der Waals surface area contributed by atoms with E-state index in [-0.39, 0.29) is 43.1 Å². The van der Waals surface area contributed by atoms with E-state index in [0.29, 0.717) is 5.69 Å². The maximum Gasteiger partial charge on any atom is 0.509 e. The molecule has 18 heteroatoms. The maximum atomic E-state index is 13.7. The number of nitrogens with zero attached hydrogens (tertiary/aromatic N) is 7. The van der Waals surface area contributed by atoms with Crippen molar-refractivity contribution in [2.45, 2.75) is 97.6 Å². The molecular weight excluding hydrogens is 622 g/mol. The van der Waals surface area contributed by atoms with E-state index in [1.165, 1.54) is 46.9 Å². The van der Waals surface area contributed by atoms with Crippen LogP contribution in [0.25, 0.3) is 0 Å². The van der Waals surface area contributed by atoms with Crippen LogP contribution in [-0.2, 0) is 36.8 Å². The SMILES string of the molecule is Cc1cn(C2C[C@H](OC(=O)OC(C)(C)C)C(COC(=O)OC(C)(C)C)O2)c(=O)n(Cc2cn(Cc3cc([N+](=O)[O-])ccn3)nn2)c1=O. The van der Waals surface area contributed by atoms with Gasteiger partial charge in [0.1, 0.15) is 41.9 Å². The summed E-state index contributed by atoms with van der Waals surface area (Å²) in [6.07, 6.45) is -0.875. The van der Waals surface area contributed by atoms with Crippen LogP contribution in [0.3, 0.4) is 0 Å². The van der Waals surface area contributed by atoms with Crippen LogP contribution < -0.4 is 11.2 Å². The number of aryl methyl sites for hydroxylation is 1. The highest BCUT2D eigenvalue weighted by molar-refractivity contribution is 5.61. The van der Waals surface area contributed by atoms with Crippen molar-refractivity contribution in [2.75, 3.05) is 6.61 Å². The lowest BCUT2D eigenvalue weighted by molar-refractivity contribution is -0.385. The molecule has 3 aromatic rings. The monoisotopic (exact) mass is 659 g/mol. The van der Waals surface area contributed by atoms with E-state index in [4.69, 9.17) is 23.7 Å². The molecule has 47 heavy (non-hydrogen) atoms. The smallest absolute Gasteiger partial charge is 0.431 e. The first-order chi connectivity index (χ1) is 21.9. The Morgan fingerprint density at radius 1 is 1.04 bits per heavy atom. The van der Waals surface area contributed by atoms with Gasteiger partial charge in [-0.15, -0.1) is 5.10 Å². The summed E-state index contributed by atoms with van der Waals surface area (Å²) in [7, 11) is 0. The number of carbonyl (C=O) groups is 2. The molecule has 1 fully saturated rings. The Bertz CT molecular complexity index is 1750. The highest BCUT2D eigenvalue weighted by Gasteiger charge is 2.41. The van der Waals surface area contributed by atoms with Crippen LogP contribution in [0.5, 0.6) is 0 Å². The van der Waals surface area contributed by atoms with E-state index in [0.717, 1.165) is 4.57 Å². The van der Waals surface area contributed by atoms with Crippen molar-refractivity contribution < 1.29 is 38.2 Å². The summed E-state index contributed by atoms with van der Waals surface area (Å²) >= 11 is 0. The van der Waals surface area contributed by atoms with Gasteiger partial charge in [-0.3, -0.25) is 29.0 Å². The quantitative estimate of drug-likeness (QED) is 0.184. The summed E-state index contributed by atoms with van der Waals surface area (Å²) in [5.74, 6) is 0. The fourth-order valence-corrected chi connectivity index (χ4v) is 4.56. The van der Waals surface area contributed by atoms with Crippen molar-refractivity contribution >= 4 is 18.0 Å². The van der Waals surface area contributed by atoms with Crippen molar-refractivity contribution in [2.24, 2.45) is 0 Å². The van der Waals surface area contributed by atoms with Gasteiger partial charge < -0.3 is 23.7 Å². The minimum Gasteiger partial charge on any atom is -0.431 e. The molecule has 3 atom stereocenters. The Hall–Kier alpha value is -5.13. The van der Waals surface area contributed by atoms with E-state index < -0.39 is 58.1 Å². The van der Waals surface area contributed by atoms with E-state index in [9.17, 15) is 29.3 Å². The van der Waals surface area contributed by atoms with Gasteiger partial charge in [0.2, 0.25) is 0 Å². The molecular formula is C29H37N7O11. The van der Waals surface area contributed by atoms with Crippen LogP contribution in [0.4, 0.5) is 15.3 Å². The number of pyridine rings is 1. The Morgan fingerprint density at radius 2 is 1.72 bits per heavy atom. The van der Waals surface area contributed by atoms with Gasteiger partial charge in [0.15, 0.2) is 0 Å². The second-order valence-corrected chi connectivity index (χ2v) is 12.8. The molecule has 254 valence electrons. The predicted octanol–water partition coefficient (Wildman–Crippen LogP) is 2.87. The predicted molar refractivity (Wildman–Crippen MR) is 161 cm³/mol. The highest BCUT2D eigenvalue weighted by Crippen LogP contribution is 2.31. The number of hydrogen-bond acceptors (Lipinski definition) is 14. The number of nitro groups is 1. The van der Waals surface area contributed by atoms with Crippen LogP contribution in [0.1, 0.15) is 71.1 Å². The number of rotatable bonds is 9. The second-order valence-electron chi connectivity index (χ2n) is 12.8. The van der Waals surface area contributed by atoms with Crippen LogP contribution in [0, 0.1) is 17.0 Å². The number of aromatic nitrogens is 6. The largest absolute Gasteiger partial charge is 0.509 e. The van der Waals surface area contributed by atoms with Crippen molar-refractivity contribution in [3.63, 3.8) is 0 Å². The minimum atomic E-state index is -1.02. The lowest BCUT2D eigenvalue weighted by Crippen LogP contribution is -2.42. The van der Waals surface area contributed by atoms with E-state index in [2.05, 4.69) is 15.3 Å². The van der Waals surface area contributed by atoms with Crippen LogP contribution >= 0.6 is 0 Å². The van der Waals surface area contributed by atoms with Crippen molar-refractivity contribution in [1.82, 2.24) is 29.1 Å². The lowest BCUT2D eigenvalue weighted by atomic mass is 10.2. The van der Waals surface area contributed by atoms with Gasteiger partial charge >= 0.3 is 18.0 Å². The number of hydrogen-bond donors (Lipinski definition) is 0. The third kappa shape index (κ3) is 9.44. The van der Waals surface area contributed by atoms with E-state index in [1.807, 2.05) is 0 Å². The number of carbonyl (C=O) groups excluding carboxylic acids is 2. The first kappa shape index (κ1) is 34.7. The van der Waals surface area contributed by atoms with E-state index in [1.54, 1.807) is 41.5 Å². The molecule has 0 N–H and O–H groups in total. The summed E-state index contributed by atoms with van der Waals surface area (Å²) in [4.78, 5) is 66.1. The molecule has 0 spiro atoms. The van der Waals surface area contributed by atoms with Crippen LogP contribution in [0.15, 0.2) is 40.3 Å². The summed E-state index contributed by atoms with van der Waals surface area (Å²) in [6.45, 7) is 11.0. The molecule has 0 amide bonds. The second kappa shape index (κ2) is 13.7. The van der Waals surface area contributed by atoms with Gasteiger partial charge in [0, 0.05) is 36.5 Å². The maximum absolute atomic E-state index is 13.7. The Kier molecular flexibility index (Phi) is 10.1. The minimum absolute atomic E-state index is 0.0362. The van der Waals surface area contributed by atoms with E-state index >= 15 is 0 Å². The molecule has 1 aliphatic rings. The van der Waals surface area contributed by atoms with Gasteiger partial charge in [0.05, 0.1) is 29.9 Å². The average molecular weight is 660 g/mol. The molecule has 1 saturated heterocycles. The number of ether oxygens (including phenoxy) is 5. The zero-order chi connectivity index (χ0) is 34.7. The van der Waals surface area contributed by atoms with Crippen molar-refractivity contribution in [3.05, 3.63) is 78.6 Å². The molecule has 0 bridgehead atoms. The summed E-state index contributed by atoms with van der Waals surface area (Å²) in [5, 5.41) is 19.1. The zero-order valence-electron chi connectivity index (χ0n) is 27.1. The zero-order valence-corrected chi connectivity index (χ0v) is 27.1. The molecule has 3 aromatic heterocycles. The normalized spacial score (nSPS) is 18.1. The molecule has 0 aliphatic carbocycles. The lowest BCUT2D eigenvalue weighted by Gasteiger charge is -2.23. The summed E-state index contributed by atoms with van der Waals surface area (Å²) < 4.78 is 30.7. The van der Waals surface area contributed by atoms with Crippen LogP contribution in [-0.4, -0.2) is 76.4 Å². The standard InChI is InChI=1S/C29H37N7O11/c1-17-12-34(23-11-21(45-27(40)47-29(5,6)7)22(44-23)16-43-26(39)46-28(2,3)4)25(38)35(24(17)37)15-19-14-33(32-31-19)13-18-10-20(36(41)42)8-9-30-18/h8-10,12,14,21-23H,11,13,15-16H2,1-7H3/t21-,22?,23?/m0/s1. The molecule has 0 aromatic carbocycles. The molecule has 4 heterocycles. The van der Waals surface area contributed by atoms with Gasteiger partial charge in [-0.05, 0) is 48.5 Å². The van der Waals surface area contributed by atoms with Crippen molar-refractivity contribution in [1.29, 1.82) is 0 Å². The van der Waals surface area contributed by atoms with Gasteiger partial charge in [-0.2, -0.15) is 0 Å². The molecule has 1 aliphatic heterocycles. The Labute approximate surface area is 268 Å². The summed E-state index contributed by atoms with van der Waals surface area (Å²) in [5.41, 5.74) is -2.29. The van der Waals surface area contributed by atoms with Crippen molar-refractivity contribution in [3.8, 4) is 0 Å². The summed E-state index contributed by atoms with van der Waals surface area (Å²) in [6, 6.07) is 2.57. The molecule has 18 nitrogen and oxygen atoms in total. The third-order valence-corrected chi connectivity index (χ3v) is 6.49. The Balaban J connectivity index is 1.55. The molecule has 2 unspecified atom stereocenters. The third-order valence-electron chi connectivity index (χ3n) is 6.49. The van der Waals surface area contributed by atoms with Gasteiger partial charge in [-0.1, -0.05) is 5.21 Å². The molecule has 0 radical (unpaired) electrons. The Morgan fingerprint density at radius 3 is 2.38 bits per heavy atom. The molecule has 0 saturated carbocycles.